The second kappa shape index (κ2) is 12.5. The summed E-state index contributed by atoms with van der Waals surface area (Å²) in [6, 6.07) is 0. The molecule has 1 aliphatic heterocycles. The molecular formula is C13H30N2O. The Morgan fingerprint density at radius 1 is 1.31 bits per heavy atom. The molecule has 1 fully saturated rings. The number of carbonyl (C=O) groups excluding carboxylic acids is 1. The maximum absolute atomic E-state index is 10.9. The van der Waals surface area contributed by atoms with Gasteiger partial charge in [0.05, 0.1) is 5.92 Å². The van der Waals surface area contributed by atoms with Crippen molar-refractivity contribution < 1.29 is 4.79 Å². The first-order chi connectivity index (χ1) is 7.74. The first kappa shape index (κ1) is 17.8. The highest BCUT2D eigenvalue weighted by Crippen LogP contribution is 2.15. The minimum Gasteiger partial charge on any atom is -0.369 e. The van der Waals surface area contributed by atoms with Gasteiger partial charge >= 0.3 is 0 Å². The van der Waals surface area contributed by atoms with Gasteiger partial charge in [0.1, 0.15) is 0 Å². The van der Waals surface area contributed by atoms with Crippen LogP contribution in [0.1, 0.15) is 53.9 Å². The minimum absolute atomic E-state index is 0.102. The first-order valence-electron chi connectivity index (χ1n) is 6.75. The zero-order chi connectivity index (χ0) is 13.0. The number of primary amides is 1. The predicted octanol–water partition coefficient (Wildman–Crippen LogP) is 2.65. The number of piperidine rings is 1. The van der Waals surface area contributed by atoms with Crippen molar-refractivity contribution in [2.45, 2.75) is 53.9 Å². The zero-order valence-electron chi connectivity index (χ0n) is 11.8. The van der Waals surface area contributed by atoms with Gasteiger partial charge in [-0.1, -0.05) is 34.6 Å². The number of nitrogens with two attached hydrogens (primary N) is 1. The van der Waals surface area contributed by atoms with Gasteiger partial charge in [0.15, 0.2) is 0 Å². The molecule has 1 amide bonds. The second-order valence-corrected chi connectivity index (χ2v) is 3.54. The van der Waals surface area contributed by atoms with Crippen LogP contribution in [0.25, 0.3) is 0 Å². The molecule has 0 saturated carbocycles. The number of hydrogen-bond acceptors (Lipinski definition) is 2. The van der Waals surface area contributed by atoms with Crippen LogP contribution in [0.3, 0.4) is 0 Å². The van der Waals surface area contributed by atoms with Crippen molar-refractivity contribution in [2.75, 3.05) is 19.6 Å². The Labute approximate surface area is 101 Å². The summed E-state index contributed by atoms with van der Waals surface area (Å²) in [4.78, 5) is 13.2. The molecule has 1 saturated heterocycles. The minimum atomic E-state index is -0.129. The van der Waals surface area contributed by atoms with Gasteiger partial charge in [-0.2, -0.15) is 0 Å². The molecule has 1 unspecified atom stereocenters. The smallest absolute Gasteiger partial charge is 0.221 e. The summed E-state index contributed by atoms with van der Waals surface area (Å²) in [7, 11) is 0. The molecular weight excluding hydrogens is 200 g/mol. The van der Waals surface area contributed by atoms with Crippen LogP contribution in [-0.4, -0.2) is 30.4 Å². The van der Waals surface area contributed by atoms with Crippen molar-refractivity contribution >= 4 is 5.91 Å². The lowest BCUT2D eigenvalue weighted by Crippen LogP contribution is -2.41. The van der Waals surface area contributed by atoms with Crippen LogP contribution in [-0.2, 0) is 4.79 Å². The van der Waals surface area contributed by atoms with E-state index in [4.69, 9.17) is 5.73 Å². The summed E-state index contributed by atoms with van der Waals surface area (Å²) in [5, 5.41) is 0. The lowest BCUT2D eigenvalue weighted by Gasteiger charge is -2.30. The summed E-state index contributed by atoms with van der Waals surface area (Å²) in [6.07, 6.45) is 3.26. The Morgan fingerprint density at radius 3 is 2.31 bits per heavy atom. The maximum Gasteiger partial charge on any atom is 0.221 e. The van der Waals surface area contributed by atoms with Crippen molar-refractivity contribution in [3.63, 3.8) is 0 Å². The molecule has 1 aliphatic rings. The Kier molecular flexibility index (Phi) is 13.9. The normalized spacial score (nSPS) is 19.9. The van der Waals surface area contributed by atoms with E-state index >= 15 is 0 Å². The average molecular weight is 230 g/mol. The highest BCUT2D eigenvalue weighted by atomic mass is 16.1. The monoisotopic (exact) mass is 230 g/mol. The number of rotatable bonds is 3. The third kappa shape index (κ3) is 7.69. The van der Waals surface area contributed by atoms with Crippen LogP contribution in [0, 0.1) is 5.92 Å². The quantitative estimate of drug-likeness (QED) is 0.810. The van der Waals surface area contributed by atoms with Crippen LogP contribution in [0.4, 0.5) is 0 Å². The van der Waals surface area contributed by atoms with Gasteiger partial charge in [0.25, 0.3) is 0 Å². The molecule has 0 aromatic carbocycles. The molecule has 2 N–H and O–H groups in total. The SMILES string of the molecule is CC.CC.CCCN1CCCC(C(N)=O)C1. The number of hydrogen-bond donors (Lipinski definition) is 1. The summed E-state index contributed by atoms with van der Waals surface area (Å²) in [5.41, 5.74) is 5.26. The lowest BCUT2D eigenvalue weighted by molar-refractivity contribution is -0.123. The Hall–Kier alpha value is -0.570. The summed E-state index contributed by atoms with van der Waals surface area (Å²) >= 11 is 0. The number of carbonyl (C=O) groups is 1. The van der Waals surface area contributed by atoms with Gasteiger partial charge in [-0.05, 0) is 32.4 Å². The van der Waals surface area contributed by atoms with Crippen molar-refractivity contribution in [2.24, 2.45) is 11.7 Å². The van der Waals surface area contributed by atoms with Crippen LogP contribution >= 0.6 is 0 Å². The largest absolute Gasteiger partial charge is 0.369 e. The maximum atomic E-state index is 10.9. The standard InChI is InChI=1S/C9H18N2O.2C2H6/c1-2-5-11-6-3-4-8(7-11)9(10)12;2*1-2/h8H,2-7H2,1H3,(H2,10,12);2*1-2H3. The van der Waals surface area contributed by atoms with Crippen molar-refractivity contribution in [1.29, 1.82) is 0 Å². The van der Waals surface area contributed by atoms with Crippen LogP contribution < -0.4 is 5.73 Å². The van der Waals surface area contributed by atoms with Gasteiger partial charge in [0.2, 0.25) is 5.91 Å². The molecule has 3 heteroatoms. The van der Waals surface area contributed by atoms with E-state index in [-0.39, 0.29) is 11.8 Å². The van der Waals surface area contributed by atoms with Gasteiger partial charge in [-0.15, -0.1) is 0 Å². The fourth-order valence-electron chi connectivity index (χ4n) is 1.81. The molecule has 1 atom stereocenters. The first-order valence-corrected chi connectivity index (χ1v) is 6.75. The molecule has 16 heavy (non-hydrogen) atoms. The van der Waals surface area contributed by atoms with Crippen LogP contribution in [0.5, 0.6) is 0 Å². The highest BCUT2D eigenvalue weighted by Gasteiger charge is 2.22. The van der Waals surface area contributed by atoms with Gasteiger partial charge in [0, 0.05) is 6.54 Å². The molecule has 0 spiro atoms. The Bertz CT molecular complexity index is 158. The van der Waals surface area contributed by atoms with E-state index in [1.54, 1.807) is 0 Å². The molecule has 1 heterocycles. The number of likely N-dealkylation sites (tertiary alicyclic amines) is 1. The molecule has 98 valence electrons. The summed E-state index contributed by atoms with van der Waals surface area (Å²) in [6.45, 7) is 13.3. The van der Waals surface area contributed by atoms with E-state index in [2.05, 4.69) is 11.8 Å². The van der Waals surface area contributed by atoms with Gasteiger partial charge < -0.3 is 10.6 Å². The third-order valence-electron chi connectivity index (χ3n) is 2.45. The van der Waals surface area contributed by atoms with E-state index in [1.165, 1.54) is 0 Å². The Balaban J connectivity index is 0. The van der Waals surface area contributed by atoms with Crippen LogP contribution in [0.2, 0.25) is 0 Å². The molecule has 0 radical (unpaired) electrons. The molecule has 3 nitrogen and oxygen atoms in total. The highest BCUT2D eigenvalue weighted by molar-refractivity contribution is 5.76. The van der Waals surface area contributed by atoms with Crippen molar-refractivity contribution in [3.05, 3.63) is 0 Å². The number of nitrogens with zero attached hydrogens (tertiary/aromatic N) is 1. The van der Waals surface area contributed by atoms with Gasteiger partial charge in [-0.25, -0.2) is 0 Å². The number of amides is 1. The second-order valence-electron chi connectivity index (χ2n) is 3.54. The van der Waals surface area contributed by atoms with E-state index in [0.29, 0.717) is 0 Å². The fourth-order valence-corrected chi connectivity index (χ4v) is 1.81. The third-order valence-corrected chi connectivity index (χ3v) is 2.45. The summed E-state index contributed by atoms with van der Waals surface area (Å²) < 4.78 is 0. The topological polar surface area (TPSA) is 46.3 Å². The summed E-state index contributed by atoms with van der Waals surface area (Å²) in [5.74, 6) is -0.0268. The van der Waals surface area contributed by atoms with Gasteiger partial charge in [-0.3, -0.25) is 4.79 Å². The van der Waals surface area contributed by atoms with E-state index in [0.717, 1.165) is 38.9 Å². The molecule has 1 rings (SSSR count). The van der Waals surface area contributed by atoms with Crippen LogP contribution in [0.15, 0.2) is 0 Å². The predicted molar refractivity (Wildman–Crippen MR) is 71.3 cm³/mol. The van der Waals surface area contributed by atoms with E-state index in [9.17, 15) is 4.79 Å². The lowest BCUT2D eigenvalue weighted by atomic mass is 9.97. The molecule has 0 aliphatic carbocycles. The van der Waals surface area contributed by atoms with Crippen molar-refractivity contribution in [1.82, 2.24) is 4.90 Å². The average Bonchev–Trinajstić information content (AvgIpc) is 2.35. The van der Waals surface area contributed by atoms with E-state index in [1.807, 2.05) is 27.7 Å². The molecule has 0 bridgehead atoms. The zero-order valence-corrected chi connectivity index (χ0v) is 11.8. The van der Waals surface area contributed by atoms with Crippen molar-refractivity contribution in [3.8, 4) is 0 Å². The Morgan fingerprint density at radius 2 is 1.88 bits per heavy atom. The fraction of sp³-hybridized carbons (Fsp3) is 0.923. The van der Waals surface area contributed by atoms with E-state index < -0.39 is 0 Å². The molecule has 0 aromatic rings. The molecule has 0 aromatic heterocycles.